The topological polar surface area (TPSA) is 73.1 Å². The highest BCUT2D eigenvalue weighted by Gasteiger charge is 2.29. The smallest absolute Gasteiger partial charge is 0.306 e. The number of carboxylic acid groups (broad SMARTS) is 1. The molecule has 2 rings (SSSR count). The summed E-state index contributed by atoms with van der Waals surface area (Å²) in [5, 5.41) is 21.3. The quantitative estimate of drug-likeness (QED) is 0.857. The molecule has 0 spiro atoms. The van der Waals surface area contributed by atoms with Crippen LogP contribution in [0.3, 0.4) is 0 Å². The number of nitriles is 1. The molecule has 0 aromatic heterocycles. The highest BCUT2D eigenvalue weighted by atomic mass is 16.4. The van der Waals surface area contributed by atoms with Gasteiger partial charge in [-0.3, -0.25) is 4.79 Å². The van der Waals surface area contributed by atoms with E-state index in [1.807, 2.05) is 25.1 Å². The monoisotopic (exact) mass is 244 g/mol. The van der Waals surface area contributed by atoms with Gasteiger partial charge < -0.3 is 10.4 Å². The predicted octanol–water partition coefficient (Wildman–Crippen LogP) is 2.53. The Morgan fingerprint density at radius 2 is 2.28 bits per heavy atom. The van der Waals surface area contributed by atoms with E-state index in [1.54, 1.807) is 0 Å². The summed E-state index contributed by atoms with van der Waals surface area (Å²) in [5.74, 6) is -0.970. The Morgan fingerprint density at radius 3 is 2.89 bits per heavy atom. The Balaban J connectivity index is 2.07. The van der Waals surface area contributed by atoms with Crippen molar-refractivity contribution >= 4 is 11.7 Å². The molecule has 1 aliphatic carbocycles. The maximum Gasteiger partial charge on any atom is 0.306 e. The Morgan fingerprint density at radius 1 is 1.50 bits per heavy atom. The average Bonchev–Trinajstić information content (AvgIpc) is 2.80. The second-order valence-electron chi connectivity index (χ2n) is 4.85. The van der Waals surface area contributed by atoms with Crippen LogP contribution in [-0.4, -0.2) is 17.1 Å². The molecule has 1 aliphatic rings. The fourth-order valence-electron chi connectivity index (χ4n) is 2.43. The number of hydrogen-bond donors (Lipinski definition) is 2. The van der Waals surface area contributed by atoms with Gasteiger partial charge in [0.15, 0.2) is 0 Å². The third kappa shape index (κ3) is 2.62. The minimum Gasteiger partial charge on any atom is -0.481 e. The molecule has 2 unspecified atom stereocenters. The number of carbonyl (C=O) groups is 1. The van der Waals surface area contributed by atoms with Crippen LogP contribution in [-0.2, 0) is 4.79 Å². The molecule has 1 aromatic carbocycles. The van der Waals surface area contributed by atoms with Crippen molar-refractivity contribution in [3.05, 3.63) is 29.3 Å². The van der Waals surface area contributed by atoms with Crippen LogP contribution in [0.2, 0.25) is 0 Å². The summed E-state index contributed by atoms with van der Waals surface area (Å²) in [5.41, 5.74) is 2.47. The van der Waals surface area contributed by atoms with Crippen LogP contribution in [0, 0.1) is 24.2 Å². The zero-order valence-corrected chi connectivity index (χ0v) is 10.3. The van der Waals surface area contributed by atoms with E-state index >= 15 is 0 Å². The van der Waals surface area contributed by atoms with Gasteiger partial charge in [-0.15, -0.1) is 0 Å². The minimum absolute atomic E-state index is 0.154. The summed E-state index contributed by atoms with van der Waals surface area (Å²) < 4.78 is 0. The Hall–Kier alpha value is -2.02. The van der Waals surface area contributed by atoms with Crippen LogP contribution in [0.5, 0.6) is 0 Å². The van der Waals surface area contributed by atoms with Crippen molar-refractivity contribution in [3.8, 4) is 6.07 Å². The highest BCUT2D eigenvalue weighted by molar-refractivity contribution is 5.70. The first-order valence-electron chi connectivity index (χ1n) is 6.10. The zero-order valence-electron chi connectivity index (χ0n) is 10.3. The van der Waals surface area contributed by atoms with E-state index < -0.39 is 5.97 Å². The van der Waals surface area contributed by atoms with Crippen LogP contribution >= 0.6 is 0 Å². The van der Waals surface area contributed by atoms with Crippen LogP contribution < -0.4 is 5.32 Å². The largest absolute Gasteiger partial charge is 0.481 e. The van der Waals surface area contributed by atoms with Gasteiger partial charge in [0, 0.05) is 6.04 Å². The maximum absolute atomic E-state index is 10.9. The molecule has 2 atom stereocenters. The molecule has 4 nitrogen and oxygen atoms in total. The van der Waals surface area contributed by atoms with Crippen LogP contribution in [0.15, 0.2) is 18.2 Å². The van der Waals surface area contributed by atoms with Crippen molar-refractivity contribution in [3.63, 3.8) is 0 Å². The van der Waals surface area contributed by atoms with E-state index in [1.165, 1.54) is 0 Å². The van der Waals surface area contributed by atoms with E-state index in [0.29, 0.717) is 18.4 Å². The first-order chi connectivity index (χ1) is 8.60. The average molecular weight is 244 g/mol. The summed E-state index contributed by atoms with van der Waals surface area (Å²) >= 11 is 0. The SMILES string of the molecule is Cc1ccc(NC2CCC(C(=O)O)C2)c(C#N)c1. The molecule has 18 heavy (non-hydrogen) atoms. The Bertz CT molecular complexity index is 505. The molecule has 0 amide bonds. The van der Waals surface area contributed by atoms with E-state index in [-0.39, 0.29) is 12.0 Å². The van der Waals surface area contributed by atoms with Crippen molar-refractivity contribution in [1.29, 1.82) is 5.26 Å². The molecule has 0 bridgehead atoms. The van der Waals surface area contributed by atoms with E-state index in [9.17, 15) is 4.79 Å². The Labute approximate surface area is 106 Å². The Kier molecular flexibility index (Phi) is 3.52. The summed E-state index contributed by atoms with van der Waals surface area (Å²) in [6.45, 7) is 1.95. The van der Waals surface area contributed by atoms with Crippen LogP contribution in [0.25, 0.3) is 0 Å². The number of rotatable bonds is 3. The highest BCUT2D eigenvalue weighted by Crippen LogP contribution is 2.29. The van der Waals surface area contributed by atoms with Crippen molar-refractivity contribution in [1.82, 2.24) is 0 Å². The number of anilines is 1. The lowest BCUT2D eigenvalue weighted by atomic mass is 10.1. The molecule has 0 heterocycles. The van der Waals surface area contributed by atoms with Gasteiger partial charge in [-0.05, 0) is 43.9 Å². The number of aryl methyl sites for hydroxylation is 1. The molecule has 0 radical (unpaired) electrons. The number of benzene rings is 1. The summed E-state index contributed by atoms with van der Waals surface area (Å²) in [6.07, 6.45) is 2.19. The number of carboxylic acids is 1. The fraction of sp³-hybridized carbons (Fsp3) is 0.429. The molecule has 1 saturated carbocycles. The van der Waals surface area contributed by atoms with E-state index in [2.05, 4.69) is 11.4 Å². The third-order valence-corrected chi connectivity index (χ3v) is 3.44. The standard InChI is InChI=1S/C14H16N2O2/c1-9-2-5-13(11(6-9)8-15)16-12-4-3-10(7-12)14(17)18/h2,5-6,10,12,16H,3-4,7H2,1H3,(H,17,18). The summed E-state index contributed by atoms with van der Waals surface area (Å²) in [6, 6.07) is 8.00. The van der Waals surface area contributed by atoms with E-state index in [0.717, 1.165) is 17.7 Å². The molecule has 94 valence electrons. The lowest BCUT2D eigenvalue weighted by Gasteiger charge is -2.15. The van der Waals surface area contributed by atoms with Gasteiger partial charge in [0.05, 0.1) is 17.2 Å². The van der Waals surface area contributed by atoms with Crippen molar-refractivity contribution in [2.24, 2.45) is 5.92 Å². The molecular formula is C14H16N2O2. The lowest BCUT2D eigenvalue weighted by Crippen LogP contribution is -2.18. The van der Waals surface area contributed by atoms with Gasteiger partial charge >= 0.3 is 5.97 Å². The molecule has 0 aliphatic heterocycles. The van der Waals surface area contributed by atoms with Crippen molar-refractivity contribution < 1.29 is 9.90 Å². The zero-order chi connectivity index (χ0) is 13.1. The minimum atomic E-state index is -0.719. The number of nitrogens with zero attached hydrogens (tertiary/aromatic N) is 1. The van der Waals surface area contributed by atoms with Gasteiger partial charge in [-0.25, -0.2) is 0 Å². The molecule has 0 saturated heterocycles. The predicted molar refractivity (Wildman–Crippen MR) is 68.3 cm³/mol. The van der Waals surface area contributed by atoms with Gasteiger partial charge in [0.25, 0.3) is 0 Å². The van der Waals surface area contributed by atoms with Crippen molar-refractivity contribution in [2.75, 3.05) is 5.32 Å². The second kappa shape index (κ2) is 5.09. The molecular weight excluding hydrogens is 228 g/mol. The second-order valence-corrected chi connectivity index (χ2v) is 4.85. The van der Waals surface area contributed by atoms with Gasteiger partial charge in [0.1, 0.15) is 6.07 Å². The van der Waals surface area contributed by atoms with Crippen molar-refractivity contribution in [2.45, 2.75) is 32.2 Å². The normalized spacial score (nSPS) is 22.4. The van der Waals surface area contributed by atoms with Gasteiger partial charge in [-0.1, -0.05) is 6.07 Å². The van der Waals surface area contributed by atoms with Gasteiger partial charge in [0.2, 0.25) is 0 Å². The molecule has 1 fully saturated rings. The maximum atomic E-state index is 10.9. The number of hydrogen-bond acceptors (Lipinski definition) is 3. The van der Waals surface area contributed by atoms with Crippen LogP contribution in [0.4, 0.5) is 5.69 Å². The first-order valence-corrected chi connectivity index (χ1v) is 6.10. The molecule has 1 aromatic rings. The summed E-state index contributed by atoms with van der Waals surface area (Å²) in [4.78, 5) is 10.9. The van der Waals surface area contributed by atoms with E-state index in [4.69, 9.17) is 10.4 Å². The molecule has 2 N–H and O–H groups in total. The number of nitrogens with one attached hydrogen (secondary N) is 1. The fourth-order valence-corrected chi connectivity index (χ4v) is 2.43. The van der Waals surface area contributed by atoms with Gasteiger partial charge in [-0.2, -0.15) is 5.26 Å². The summed E-state index contributed by atoms with van der Waals surface area (Å²) in [7, 11) is 0. The first kappa shape index (κ1) is 12.4. The van der Waals surface area contributed by atoms with Crippen LogP contribution in [0.1, 0.15) is 30.4 Å². The number of aliphatic carboxylic acids is 1. The molecule has 4 heteroatoms. The third-order valence-electron chi connectivity index (χ3n) is 3.44. The lowest BCUT2D eigenvalue weighted by molar-refractivity contribution is -0.141.